The topological polar surface area (TPSA) is 46.5 Å². The Labute approximate surface area is 95.0 Å². The molecule has 0 radical (unpaired) electrons. The van der Waals surface area contributed by atoms with E-state index in [9.17, 15) is 9.90 Å². The zero-order valence-corrected chi connectivity index (χ0v) is 9.56. The first-order valence-electron chi connectivity index (χ1n) is 5.54. The van der Waals surface area contributed by atoms with Crippen LogP contribution in [0.4, 0.5) is 0 Å². The first-order valence-corrected chi connectivity index (χ1v) is 5.54. The van der Waals surface area contributed by atoms with Gasteiger partial charge in [0.2, 0.25) is 0 Å². The summed E-state index contributed by atoms with van der Waals surface area (Å²) in [6.07, 6.45) is 1.66. The minimum atomic E-state index is -0.735. The van der Waals surface area contributed by atoms with Crippen LogP contribution in [0, 0.1) is 0 Å². The largest absolute Gasteiger partial charge is 0.497 e. The summed E-state index contributed by atoms with van der Waals surface area (Å²) in [5.41, 5.74) is 2.07. The normalized spacial score (nSPS) is 23.6. The molecule has 0 spiro atoms. The van der Waals surface area contributed by atoms with Crippen LogP contribution in [0.15, 0.2) is 18.2 Å². The van der Waals surface area contributed by atoms with E-state index in [1.807, 2.05) is 18.2 Å². The lowest BCUT2D eigenvalue weighted by Gasteiger charge is -2.27. The van der Waals surface area contributed by atoms with Gasteiger partial charge in [0.25, 0.3) is 0 Å². The lowest BCUT2D eigenvalue weighted by molar-refractivity contribution is -0.139. The maximum Gasteiger partial charge on any atom is 0.310 e. The molecule has 0 bridgehead atoms. The molecule has 0 saturated heterocycles. The summed E-state index contributed by atoms with van der Waals surface area (Å²) in [4.78, 5) is 11.2. The van der Waals surface area contributed by atoms with Crippen molar-refractivity contribution in [1.29, 1.82) is 0 Å². The molecule has 2 atom stereocenters. The second kappa shape index (κ2) is 4.16. The molecule has 3 heteroatoms. The summed E-state index contributed by atoms with van der Waals surface area (Å²) in [5, 5.41) is 9.19. The molecule has 1 aromatic carbocycles. The number of hydrogen-bond donors (Lipinski definition) is 1. The van der Waals surface area contributed by atoms with Gasteiger partial charge in [-0.2, -0.15) is 0 Å². The summed E-state index contributed by atoms with van der Waals surface area (Å²) < 4.78 is 5.15. The van der Waals surface area contributed by atoms with E-state index in [1.165, 1.54) is 0 Å². The lowest BCUT2D eigenvalue weighted by atomic mass is 9.77. The van der Waals surface area contributed by atoms with Crippen molar-refractivity contribution in [2.45, 2.75) is 31.6 Å². The molecular formula is C13H16O3. The minimum absolute atomic E-state index is 0.374. The number of benzene rings is 1. The number of hydrogen-bond acceptors (Lipinski definition) is 2. The van der Waals surface area contributed by atoms with Gasteiger partial charge in [-0.3, -0.25) is 4.79 Å². The maximum atomic E-state index is 11.2. The molecule has 2 rings (SSSR count). The van der Waals surface area contributed by atoms with E-state index >= 15 is 0 Å². The highest BCUT2D eigenvalue weighted by molar-refractivity contribution is 5.77. The SMILES string of the molecule is COc1ccc2c(c1)C(C(=O)O)CCC2C. The average molecular weight is 220 g/mol. The number of carboxylic acid groups (broad SMARTS) is 1. The van der Waals surface area contributed by atoms with Gasteiger partial charge < -0.3 is 9.84 Å². The number of methoxy groups -OCH3 is 1. The van der Waals surface area contributed by atoms with Gasteiger partial charge in [0.15, 0.2) is 0 Å². The van der Waals surface area contributed by atoms with Crippen molar-refractivity contribution in [2.75, 3.05) is 7.11 Å². The zero-order valence-electron chi connectivity index (χ0n) is 9.56. The molecule has 1 aromatic rings. The molecule has 0 aliphatic heterocycles. The van der Waals surface area contributed by atoms with Crippen molar-refractivity contribution in [3.63, 3.8) is 0 Å². The van der Waals surface area contributed by atoms with Crippen molar-refractivity contribution >= 4 is 5.97 Å². The Bertz CT molecular complexity index is 412. The second-order valence-electron chi connectivity index (χ2n) is 4.36. The van der Waals surface area contributed by atoms with Crippen LogP contribution in [0.1, 0.15) is 42.7 Å². The number of ether oxygens (including phenoxy) is 1. The Morgan fingerprint density at radius 3 is 2.75 bits per heavy atom. The van der Waals surface area contributed by atoms with Gasteiger partial charge in [0.05, 0.1) is 13.0 Å². The molecule has 1 N–H and O–H groups in total. The van der Waals surface area contributed by atoms with E-state index in [0.29, 0.717) is 5.92 Å². The van der Waals surface area contributed by atoms with Gasteiger partial charge >= 0.3 is 5.97 Å². The van der Waals surface area contributed by atoms with Crippen LogP contribution < -0.4 is 4.74 Å². The van der Waals surface area contributed by atoms with Crippen LogP contribution in [0.2, 0.25) is 0 Å². The van der Waals surface area contributed by atoms with Gasteiger partial charge in [-0.05, 0) is 42.0 Å². The first-order chi connectivity index (χ1) is 7.63. The Morgan fingerprint density at radius 1 is 1.38 bits per heavy atom. The van der Waals surface area contributed by atoms with Crippen molar-refractivity contribution in [3.8, 4) is 5.75 Å². The fourth-order valence-electron chi connectivity index (χ4n) is 2.41. The third-order valence-corrected chi connectivity index (χ3v) is 3.39. The Hall–Kier alpha value is -1.51. The third kappa shape index (κ3) is 1.77. The summed E-state index contributed by atoms with van der Waals surface area (Å²) in [7, 11) is 1.60. The smallest absolute Gasteiger partial charge is 0.310 e. The fraction of sp³-hybridized carbons (Fsp3) is 0.462. The van der Waals surface area contributed by atoms with E-state index in [1.54, 1.807) is 7.11 Å². The van der Waals surface area contributed by atoms with Crippen molar-refractivity contribution in [2.24, 2.45) is 0 Å². The monoisotopic (exact) mass is 220 g/mol. The molecule has 1 aliphatic carbocycles. The van der Waals surface area contributed by atoms with Crippen LogP contribution in [-0.4, -0.2) is 18.2 Å². The average Bonchev–Trinajstić information content (AvgIpc) is 2.28. The molecular weight excluding hydrogens is 204 g/mol. The van der Waals surface area contributed by atoms with Gasteiger partial charge in [0, 0.05) is 0 Å². The van der Waals surface area contributed by atoms with E-state index < -0.39 is 5.97 Å². The van der Waals surface area contributed by atoms with Crippen molar-refractivity contribution in [1.82, 2.24) is 0 Å². The first kappa shape index (κ1) is 11.0. The van der Waals surface area contributed by atoms with E-state index in [-0.39, 0.29) is 5.92 Å². The van der Waals surface area contributed by atoms with Gasteiger partial charge in [-0.25, -0.2) is 0 Å². The van der Waals surface area contributed by atoms with Crippen LogP contribution in [0.3, 0.4) is 0 Å². The summed E-state index contributed by atoms with van der Waals surface area (Å²) >= 11 is 0. The quantitative estimate of drug-likeness (QED) is 0.833. The molecule has 2 unspecified atom stereocenters. The highest BCUT2D eigenvalue weighted by Gasteiger charge is 2.29. The molecule has 16 heavy (non-hydrogen) atoms. The van der Waals surface area contributed by atoms with E-state index in [2.05, 4.69) is 6.92 Å². The van der Waals surface area contributed by atoms with Crippen LogP contribution in [0.5, 0.6) is 5.75 Å². The number of fused-ring (bicyclic) bond motifs is 1. The zero-order chi connectivity index (χ0) is 11.7. The van der Waals surface area contributed by atoms with Crippen LogP contribution >= 0.6 is 0 Å². The summed E-state index contributed by atoms with van der Waals surface area (Å²) in [5.74, 6) is 0.0679. The molecule has 0 aromatic heterocycles. The summed E-state index contributed by atoms with van der Waals surface area (Å²) in [6, 6.07) is 5.76. The van der Waals surface area contributed by atoms with Gasteiger partial charge in [0.1, 0.15) is 5.75 Å². The lowest BCUT2D eigenvalue weighted by Crippen LogP contribution is -2.19. The Balaban J connectivity index is 2.49. The van der Waals surface area contributed by atoms with Crippen molar-refractivity contribution in [3.05, 3.63) is 29.3 Å². The van der Waals surface area contributed by atoms with Gasteiger partial charge in [-0.15, -0.1) is 0 Å². The molecule has 0 fully saturated rings. The predicted octanol–water partition coefficient (Wildman–Crippen LogP) is 2.76. The highest BCUT2D eigenvalue weighted by atomic mass is 16.5. The predicted molar refractivity (Wildman–Crippen MR) is 61.0 cm³/mol. The molecule has 1 aliphatic rings. The molecule has 0 saturated carbocycles. The number of carbonyl (C=O) groups is 1. The Kier molecular flexibility index (Phi) is 2.86. The number of aliphatic carboxylic acids is 1. The molecule has 86 valence electrons. The summed E-state index contributed by atoms with van der Waals surface area (Å²) in [6.45, 7) is 2.14. The standard InChI is InChI=1S/C13H16O3/c1-8-3-5-11(13(14)15)12-7-9(16-2)4-6-10(8)12/h4,6-8,11H,3,5H2,1-2H3,(H,14,15). The van der Waals surface area contributed by atoms with Crippen LogP contribution in [0.25, 0.3) is 0 Å². The van der Waals surface area contributed by atoms with E-state index in [4.69, 9.17) is 4.74 Å². The number of carboxylic acids is 1. The van der Waals surface area contributed by atoms with E-state index in [0.717, 1.165) is 29.7 Å². The molecule has 0 amide bonds. The highest BCUT2D eigenvalue weighted by Crippen LogP contribution is 2.40. The minimum Gasteiger partial charge on any atom is -0.497 e. The van der Waals surface area contributed by atoms with Crippen LogP contribution in [-0.2, 0) is 4.79 Å². The van der Waals surface area contributed by atoms with Gasteiger partial charge in [-0.1, -0.05) is 13.0 Å². The second-order valence-corrected chi connectivity index (χ2v) is 4.36. The maximum absolute atomic E-state index is 11.2. The third-order valence-electron chi connectivity index (χ3n) is 3.39. The Morgan fingerprint density at radius 2 is 2.12 bits per heavy atom. The number of rotatable bonds is 2. The van der Waals surface area contributed by atoms with Crippen molar-refractivity contribution < 1.29 is 14.6 Å². The fourth-order valence-corrected chi connectivity index (χ4v) is 2.41. The molecule has 3 nitrogen and oxygen atoms in total. The molecule has 0 heterocycles.